The van der Waals surface area contributed by atoms with Crippen LogP contribution in [0.25, 0.3) is 0 Å². The standard InChI is InChI=1S/C12H20N2O/c15-12(14-10-6-3-7-11-14)13-8-4-1-2-5-9-13/h3,6H,1-2,4-5,7-11H2. The van der Waals surface area contributed by atoms with Gasteiger partial charge in [0, 0.05) is 26.2 Å². The van der Waals surface area contributed by atoms with E-state index in [-0.39, 0.29) is 6.03 Å². The first kappa shape index (κ1) is 10.5. The maximum Gasteiger partial charge on any atom is 0.320 e. The molecule has 2 aliphatic heterocycles. The number of likely N-dealkylation sites (tertiary alicyclic amines) is 1. The predicted molar refractivity (Wildman–Crippen MR) is 60.8 cm³/mol. The molecule has 0 radical (unpaired) electrons. The molecule has 0 unspecified atom stereocenters. The molecule has 0 atom stereocenters. The zero-order chi connectivity index (χ0) is 10.5. The normalized spacial score (nSPS) is 22.7. The maximum atomic E-state index is 12.1. The first-order chi connectivity index (χ1) is 7.38. The van der Waals surface area contributed by atoms with Gasteiger partial charge in [-0.3, -0.25) is 0 Å². The third-order valence-corrected chi connectivity index (χ3v) is 3.21. The number of urea groups is 1. The summed E-state index contributed by atoms with van der Waals surface area (Å²) >= 11 is 0. The summed E-state index contributed by atoms with van der Waals surface area (Å²) in [5.74, 6) is 0. The van der Waals surface area contributed by atoms with Crippen LogP contribution in [0.1, 0.15) is 32.1 Å². The van der Waals surface area contributed by atoms with Crippen LogP contribution in [0.15, 0.2) is 12.2 Å². The largest absolute Gasteiger partial charge is 0.325 e. The Kier molecular flexibility index (Phi) is 3.64. The average Bonchev–Trinajstić information content (AvgIpc) is 2.58. The summed E-state index contributed by atoms with van der Waals surface area (Å²) in [6.07, 6.45) is 10.2. The molecule has 0 bridgehead atoms. The van der Waals surface area contributed by atoms with Crippen molar-refractivity contribution < 1.29 is 4.79 Å². The number of amides is 2. The van der Waals surface area contributed by atoms with Crippen molar-refractivity contribution >= 4 is 6.03 Å². The lowest BCUT2D eigenvalue weighted by Gasteiger charge is -2.30. The van der Waals surface area contributed by atoms with Gasteiger partial charge in [0.25, 0.3) is 0 Å². The fourth-order valence-electron chi connectivity index (χ4n) is 2.28. The number of nitrogens with zero attached hydrogens (tertiary/aromatic N) is 2. The van der Waals surface area contributed by atoms with E-state index in [2.05, 4.69) is 12.2 Å². The Morgan fingerprint density at radius 3 is 2.20 bits per heavy atom. The highest BCUT2D eigenvalue weighted by Gasteiger charge is 2.21. The van der Waals surface area contributed by atoms with Crippen LogP contribution in [0.4, 0.5) is 4.79 Å². The van der Waals surface area contributed by atoms with Crippen molar-refractivity contribution in [2.45, 2.75) is 32.1 Å². The molecule has 15 heavy (non-hydrogen) atoms. The molecule has 1 saturated heterocycles. The number of hydrogen-bond donors (Lipinski definition) is 0. The molecule has 84 valence electrons. The van der Waals surface area contributed by atoms with Crippen LogP contribution in [0.5, 0.6) is 0 Å². The lowest BCUT2D eigenvalue weighted by Crippen LogP contribution is -2.44. The number of hydrogen-bond acceptors (Lipinski definition) is 1. The van der Waals surface area contributed by atoms with Crippen molar-refractivity contribution in [1.29, 1.82) is 0 Å². The van der Waals surface area contributed by atoms with Gasteiger partial charge >= 0.3 is 6.03 Å². The number of rotatable bonds is 0. The zero-order valence-electron chi connectivity index (χ0n) is 9.32. The Labute approximate surface area is 91.7 Å². The van der Waals surface area contributed by atoms with Gasteiger partial charge in [0.2, 0.25) is 0 Å². The van der Waals surface area contributed by atoms with E-state index in [1.54, 1.807) is 0 Å². The molecular weight excluding hydrogens is 188 g/mol. The second kappa shape index (κ2) is 5.19. The van der Waals surface area contributed by atoms with Gasteiger partial charge in [0.15, 0.2) is 0 Å². The monoisotopic (exact) mass is 208 g/mol. The van der Waals surface area contributed by atoms with Crippen molar-refractivity contribution in [3.63, 3.8) is 0 Å². The molecule has 1 fully saturated rings. The molecule has 3 heteroatoms. The fraction of sp³-hybridized carbons (Fsp3) is 0.750. The first-order valence-electron chi connectivity index (χ1n) is 6.07. The maximum absolute atomic E-state index is 12.1. The summed E-state index contributed by atoms with van der Waals surface area (Å²) < 4.78 is 0. The van der Waals surface area contributed by atoms with E-state index < -0.39 is 0 Å². The van der Waals surface area contributed by atoms with Crippen LogP contribution in [0.3, 0.4) is 0 Å². The van der Waals surface area contributed by atoms with E-state index in [0.717, 1.165) is 32.6 Å². The zero-order valence-corrected chi connectivity index (χ0v) is 9.32. The third-order valence-electron chi connectivity index (χ3n) is 3.21. The van der Waals surface area contributed by atoms with Gasteiger partial charge in [-0.15, -0.1) is 0 Å². The van der Waals surface area contributed by atoms with Crippen molar-refractivity contribution in [3.8, 4) is 0 Å². The molecule has 0 aliphatic carbocycles. The highest BCUT2D eigenvalue weighted by atomic mass is 16.2. The molecule has 2 aliphatic rings. The molecule has 0 saturated carbocycles. The van der Waals surface area contributed by atoms with Crippen LogP contribution < -0.4 is 0 Å². The third kappa shape index (κ3) is 2.74. The fourth-order valence-corrected chi connectivity index (χ4v) is 2.28. The smallest absolute Gasteiger partial charge is 0.320 e. The minimum Gasteiger partial charge on any atom is -0.325 e. The summed E-state index contributed by atoms with van der Waals surface area (Å²) in [6.45, 7) is 3.61. The van der Waals surface area contributed by atoms with Gasteiger partial charge in [0.1, 0.15) is 0 Å². The van der Waals surface area contributed by atoms with Crippen molar-refractivity contribution in [2.75, 3.05) is 26.2 Å². The number of carbonyl (C=O) groups excluding carboxylic acids is 1. The van der Waals surface area contributed by atoms with Crippen LogP contribution in [-0.4, -0.2) is 42.0 Å². The highest BCUT2D eigenvalue weighted by molar-refractivity contribution is 5.74. The molecule has 0 aromatic carbocycles. The van der Waals surface area contributed by atoms with E-state index in [1.807, 2.05) is 9.80 Å². The summed E-state index contributed by atoms with van der Waals surface area (Å²) in [5, 5.41) is 0. The minimum absolute atomic E-state index is 0.251. The highest BCUT2D eigenvalue weighted by Crippen LogP contribution is 2.13. The molecule has 0 N–H and O–H groups in total. The summed E-state index contributed by atoms with van der Waals surface area (Å²) in [7, 11) is 0. The average molecular weight is 208 g/mol. The number of carbonyl (C=O) groups is 1. The Hall–Kier alpha value is -0.990. The lowest BCUT2D eigenvalue weighted by molar-refractivity contribution is 0.158. The van der Waals surface area contributed by atoms with Crippen molar-refractivity contribution in [3.05, 3.63) is 12.2 Å². The van der Waals surface area contributed by atoms with Crippen LogP contribution in [-0.2, 0) is 0 Å². The summed E-state index contributed by atoms with van der Waals surface area (Å²) in [5.41, 5.74) is 0. The summed E-state index contributed by atoms with van der Waals surface area (Å²) in [4.78, 5) is 16.1. The Bertz CT molecular complexity index is 242. The van der Waals surface area contributed by atoms with E-state index in [9.17, 15) is 4.79 Å². The molecule has 0 aromatic heterocycles. The SMILES string of the molecule is O=C(N1CC=CCC1)N1CCCCCC1. The van der Waals surface area contributed by atoms with Crippen LogP contribution in [0, 0.1) is 0 Å². The summed E-state index contributed by atoms with van der Waals surface area (Å²) in [6, 6.07) is 0.251. The molecule has 2 rings (SSSR count). The minimum atomic E-state index is 0.251. The van der Waals surface area contributed by atoms with E-state index >= 15 is 0 Å². The lowest BCUT2D eigenvalue weighted by atomic mass is 10.2. The molecular formula is C12H20N2O. The molecule has 3 nitrogen and oxygen atoms in total. The Balaban J connectivity index is 1.90. The first-order valence-corrected chi connectivity index (χ1v) is 6.07. The molecule has 0 aromatic rings. The predicted octanol–water partition coefficient (Wildman–Crippen LogP) is 2.24. The molecule has 2 amide bonds. The molecule has 2 heterocycles. The van der Waals surface area contributed by atoms with E-state index in [0.29, 0.717) is 0 Å². The topological polar surface area (TPSA) is 23.6 Å². The van der Waals surface area contributed by atoms with Gasteiger partial charge < -0.3 is 9.80 Å². The Morgan fingerprint density at radius 1 is 0.867 bits per heavy atom. The van der Waals surface area contributed by atoms with E-state index in [1.165, 1.54) is 25.7 Å². The van der Waals surface area contributed by atoms with Crippen LogP contribution >= 0.6 is 0 Å². The van der Waals surface area contributed by atoms with Crippen molar-refractivity contribution in [1.82, 2.24) is 9.80 Å². The van der Waals surface area contributed by atoms with Gasteiger partial charge in [-0.2, -0.15) is 0 Å². The second-order valence-electron chi connectivity index (χ2n) is 4.39. The van der Waals surface area contributed by atoms with Gasteiger partial charge in [0.05, 0.1) is 0 Å². The molecule has 0 spiro atoms. The second-order valence-corrected chi connectivity index (χ2v) is 4.39. The van der Waals surface area contributed by atoms with Gasteiger partial charge in [-0.25, -0.2) is 4.79 Å². The Morgan fingerprint density at radius 2 is 1.60 bits per heavy atom. The van der Waals surface area contributed by atoms with Gasteiger partial charge in [-0.1, -0.05) is 25.0 Å². The van der Waals surface area contributed by atoms with E-state index in [4.69, 9.17) is 0 Å². The van der Waals surface area contributed by atoms with Crippen LogP contribution in [0.2, 0.25) is 0 Å². The van der Waals surface area contributed by atoms with Crippen molar-refractivity contribution in [2.24, 2.45) is 0 Å². The quantitative estimate of drug-likeness (QED) is 0.560. The van der Waals surface area contributed by atoms with Gasteiger partial charge in [-0.05, 0) is 19.3 Å².